The third-order valence-corrected chi connectivity index (χ3v) is 7.75. The molecule has 0 saturated heterocycles. The molecule has 0 bridgehead atoms. The Bertz CT molecular complexity index is 787. The first-order valence-electron chi connectivity index (χ1n) is 12.8. The van der Waals surface area contributed by atoms with E-state index in [1.54, 1.807) is 0 Å². The molecule has 3 nitrogen and oxygen atoms in total. The summed E-state index contributed by atoms with van der Waals surface area (Å²) in [4.78, 5) is 13.6. The van der Waals surface area contributed by atoms with E-state index in [9.17, 15) is 23.1 Å². The molecule has 2 fully saturated rings. The van der Waals surface area contributed by atoms with Gasteiger partial charge >= 0.3 is 12.1 Å². The summed E-state index contributed by atoms with van der Waals surface area (Å²) in [5.41, 5.74) is -1.12. The van der Waals surface area contributed by atoms with Crippen molar-refractivity contribution in [2.75, 3.05) is 13.1 Å². The molecule has 1 N–H and O–H groups in total. The lowest BCUT2D eigenvalue weighted by molar-refractivity contribution is -0.139. The van der Waals surface area contributed by atoms with Crippen LogP contribution < -0.4 is 0 Å². The normalized spacial score (nSPS) is 25.6. The third kappa shape index (κ3) is 7.43. The maximum absolute atomic E-state index is 15.8. The molecule has 2 aliphatic carbocycles. The Morgan fingerprint density at radius 1 is 1.12 bits per heavy atom. The lowest BCUT2D eigenvalue weighted by atomic mass is 9.72. The van der Waals surface area contributed by atoms with Crippen molar-refractivity contribution in [2.45, 2.75) is 102 Å². The molecule has 0 aliphatic heterocycles. The fourth-order valence-electron chi connectivity index (χ4n) is 5.88. The highest BCUT2D eigenvalue weighted by molar-refractivity contribution is 5.67. The second-order valence-corrected chi connectivity index (χ2v) is 10.9. The summed E-state index contributed by atoms with van der Waals surface area (Å²) in [5.74, 6) is -0.532. The Balaban J connectivity index is 1.89. The van der Waals surface area contributed by atoms with Gasteiger partial charge in [0.05, 0.1) is 5.56 Å². The molecule has 0 spiro atoms. The van der Waals surface area contributed by atoms with Crippen LogP contribution in [-0.2, 0) is 11.0 Å². The average Bonchev–Trinajstić information content (AvgIpc) is 2.76. The van der Waals surface area contributed by atoms with Gasteiger partial charge in [-0.2, -0.15) is 13.2 Å². The highest BCUT2D eigenvalue weighted by atomic mass is 19.4. The van der Waals surface area contributed by atoms with Crippen molar-refractivity contribution in [3.05, 3.63) is 35.4 Å². The molecule has 3 unspecified atom stereocenters. The fourth-order valence-corrected chi connectivity index (χ4v) is 5.88. The van der Waals surface area contributed by atoms with Gasteiger partial charge in [0.2, 0.25) is 0 Å². The van der Waals surface area contributed by atoms with Gasteiger partial charge in [0.1, 0.15) is 5.67 Å². The number of aliphatic carboxylic acids is 1. The lowest BCUT2D eigenvalue weighted by Crippen LogP contribution is -2.50. The molecule has 3 atom stereocenters. The van der Waals surface area contributed by atoms with Gasteiger partial charge in [0.15, 0.2) is 0 Å². The number of nitrogens with zero attached hydrogens (tertiary/aromatic N) is 1. The molecule has 0 heterocycles. The summed E-state index contributed by atoms with van der Waals surface area (Å²) >= 11 is 0. The van der Waals surface area contributed by atoms with Crippen molar-refractivity contribution in [3.63, 3.8) is 0 Å². The van der Waals surface area contributed by atoms with Crippen LogP contribution in [-0.4, -0.2) is 40.8 Å². The number of alkyl halides is 4. The highest BCUT2D eigenvalue weighted by Crippen LogP contribution is 2.43. The van der Waals surface area contributed by atoms with E-state index in [1.165, 1.54) is 12.1 Å². The van der Waals surface area contributed by atoms with Gasteiger partial charge in [-0.3, -0.25) is 9.69 Å². The minimum atomic E-state index is -4.40. The topological polar surface area (TPSA) is 40.5 Å². The molecular formula is C27H39F4NO2. The summed E-state index contributed by atoms with van der Waals surface area (Å²) in [7, 11) is 0. The van der Waals surface area contributed by atoms with Crippen LogP contribution in [0.25, 0.3) is 0 Å². The first-order chi connectivity index (χ1) is 16.0. The predicted octanol–water partition coefficient (Wildman–Crippen LogP) is 7.45. The number of hydrogen-bond acceptors (Lipinski definition) is 2. The van der Waals surface area contributed by atoms with Crippen LogP contribution in [0.5, 0.6) is 0 Å². The van der Waals surface area contributed by atoms with Crippen LogP contribution in [0.3, 0.4) is 0 Å². The van der Waals surface area contributed by atoms with Gasteiger partial charge in [-0.25, -0.2) is 4.39 Å². The van der Waals surface area contributed by atoms with E-state index in [2.05, 4.69) is 18.7 Å². The number of carbonyl (C=O) groups is 1. The molecule has 3 rings (SSSR count). The van der Waals surface area contributed by atoms with E-state index in [0.717, 1.165) is 62.8 Å². The second-order valence-electron chi connectivity index (χ2n) is 10.9. The number of hydrogen-bond donors (Lipinski definition) is 1. The van der Waals surface area contributed by atoms with E-state index >= 15 is 4.39 Å². The summed E-state index contributed by atoms with van der Waals surface area (Å²) in [6.07, 6.45) is 2.61. The van der Waals surface area contributed by atoms with E-state index < -0.39 is 23.4 Å². The Hall–Kier alpha value is -1.63. The standard InChI is InChI=1S/C27H39F4NO2/c1-19(2)12-15-32(18-26(28)13-4-3-5-14-26)24-11-6-20(17-25(33)34)16-23(24)21-7-9-22(10-8-21)27(29,30)31/h7-10,19-20,23-24H,3-6,11-18H2,1-2H3,(H,33,34). The maximum atomic E-state index is 15.8. The molecule has 0 aromatic heterocycles. The third-order valence-electron chi connectivity index (χ3n) is 7.75. The van der Waals surface area contributed by atoms with Gasteiger partial charge in [0, 0.05) is 19.0 Å². The number of halogens is 4. The molecule has 2 aliphatic rings. The zero-order chi connectivity index (χ0) is 24.9. The summed E-state index contributed by atoms with van der Waals surface area (Å²) in [6.45, 7) is 5.38. The summed E-state index contributed by atoms with van der Waals surface area (Å²) in [5, 5.41) is 9.33. The quantitative estimate of drug-likeness (QED) is 0.369. The summed E-state index contributed by atoms with van der Waals surface area (Å²) in [6, 6.07) is 5.30. The Kier molecular flexibility index (Phi) is 9.04. The first kappa shape index (κ1) is 27.0. The minimum Gasteiger partial charge on any atom is -0.481 e. The van der Waals surface area contributed by atoms with E-state index in [-0.39, 0.29) is 24.3 Å². The average molecular weight is 486 g/mol. The van der Waals surface area contributed by atoms with Crippen molar-refractivity contribution < 1.29 is 27.5 Å². The van der Waals surface area contributed by atoms with E-state index in [4.69, 9.17) is 0 Å². The van der Waals surface area contributed by atoms with Crippen LogP contribution in [0.4, 0.5) is 17.6 Å². The zero-order valence-electron chi connectivity index (χ0n) is 20.4. The minimum absolute atomic E-state index is 0.00455. The van der Waals surface area contributed by atoms with Crippen LogP contribution in [0, 0.1) is 11.8 Å². The van der Waals surface area contributed by atoms with Gasteiger partial charge in [-0.15, -0.1) is 0 Å². The van der Waals surface area contributed by atoms with Crippen molar-refractivity contribution in [2.24, 2.45) is 11.8 Å². The zero-order valence-corrected chi connectivity index (χ0v) is 20.4. The smallest absolute Gasteiger partial charge is 0.416 e. The largest absolute Gasteiger partial charge is 0.481 e. The van der Waals surface area contributed by atoms with Crippen LogP contribution >= 0.6 is 0 Å². The van der Waals surface area contributed by atoms with Crippen molar-refractivity contribution in [1.29, 1.82) is 0 Å². The highest BCUT2D eigenvalue weighted by Gasteiger charge is 2.41. The maximum Gasteiger partial charge on any atom is 0.416 e. The Labute approximate surface area is 200 Å². The number of carboxylic acid groups (broad SMARTS) is 1. The van der Waals surface area contributed by atoms with Crippen LogP contribution in [0.1, 0.15) is 95.1 Å². The summed E-state index contributed by atoms with van der Waals surface area (Å²) < 4.78 is 55.2. The number of rotatable bonds is 9. The number of carboxylic acids is 1. The van der Waals surface area contributed by atoms with Crippen molar-refractivity contribution >= 4 is 5.97 Å². The molecule has 34 heavy (non-hydrogen) atoms. The second kappa shape index (κ2) is 11.4. The number of benzene rings is 1. The Morgan fingerprint density at radius 3 is 2.32 bits per heavy atom. The first-order valence-corrected chi connectivity index (χ1v) is 12.8. The molecule has 192 valence electrons. The van der Waals surface area contributed by atoms with Crippen LogP contribution in [0.15, 0.2) is 24.3 Å². The molecule has 0 radical (unpaired) electrons. The molecule has 7 heteroatoms. The molecule has 1 aromatic carbocycles. The van der Waals surface area contributed by atoms with Gasteiger partial charge < -0.3 is 5.11 Å². The molecular weight excluding hydrogens is 446 g/mol. The molecule has 1 aromatic rings. The van der Waals surface area contributed by atoms with Gasteiger partial charge in [-0.1, -0.05) is 45.2 Å². The van der Waals surface area contributed by atoms with Gasteiger partial charge in [-0.05, 0) is 80.5 Å². The molecule has 2 saturated carbocycles. The Morgan fingerprint density at radius 2 is 1.76 bits per heavy atom. The van der Waals surface area contributed by atoms with Crippen LogP contribution in [0.2, 0.25) is 0 Å². The molecule has 0 amide bonds. The van der Waals surface area contributed by atoms with E-state index in [1.807, 2.05) is 0 Å². The monoisotopic (exact) mass is 485 g/mol. The van der Waals surface area contributed by atoms with Crippen molar-refractivity contribution in [1.82, 2.24) is 4.90 Å². The lowest BCUT2D eigenvalue weighted by Gasteiger charge is -2.46. The SMILES string of the molecule is CC(C)CCN(CC1(F)CCCCC1)C1CCC(CC(=O)O)CC1c1ccc(C(F)(F)F)cc1. The van der Waals surface area contributed by atoms with Crippen molar-refractivity contribution in [3.8, 4) is 0 Å². The fraction of sp³-hybridized carbons (Fsp3) is 0.741. The predicted molar refractivity (Wildman–Crippen MR) is 126 cm³/mol. The van der Waals surface area contributed by atoms with Gasteiger partial charge in [0.25, 0.3) is 0 Å². The van der Waals surface area contributed by atoms with E-state index in [0.29, 0.717) is 31.7 Å².